The summed E-state index contributed by atoms with van der Waals surface area (Å²) in [7, 11) is 1.54. The molecule has 2 N–H and O–H groups in total. The van der Waals surface area contributed by atoms with Crippen LogP contribution in [0.3, 0.4) is 0 Å². The number of phenolic OH excluding ortho intramolecular Hbond substituents is 1. The van der Waals surface area contributed by atoms with E-state index in [0.717, 1.165) is 0 Å². The molecule has 2 rings (SSSR count). The fourth-order valence-electron chi connectivity index (χ4n) is 1.46. The lowest BCUT2D eigenvalue weighted by Crippen LogP contribution is -2.19. The number of phenols is 1. The van der Waals surface area contributed by atoms with Gasteiger partial charge in [0.2, 0.25) is 0 Å². The third-order valence-electron chi connectivity index (χ3n) is 2.21. The Morgan fingerprint density at radius 3 is 2.88 bits per heavy atom. The normalized spacial score (nSPS) is 11.7. The van der Waals surface area contributed by atoms with Gasteiger partial charge in [0.1, 0.15) is 11.5 Å². The van der Waals surface area contributed by atoms with Crippen molar-refractivity contribution in [2.24, 2.45) is 0 Å². The van der Waals surface area contributed by atoms with Crippen LogP contribution in [0.25, 0.3) is 12.7 Å². The standard InChI is InChI=1S/C12H11NO3S/c1-7-13-12(15)11(17-7)6-8-5-9(14)3-4-10(8)16-2/h3-6,14H,1H2,2H3,(H,13,15)/b11-6-. The minimum atomic E-state index is -0.189. The Morgan fingerprint density at radius 1 is 1.53 bits per heavy atom. The van der Waals surface area contributed by atoms with Gasteiger partial charge in [-0.15, -0.1) is 11.3 Å². The second-order valence-corrected chi connectivity index (χ2v) is 4.55. The highest BCUT2D eigenvalue weighted by molar-refractivity contribution is 7.07. The summed E-state index contributed by atoms with van der Waals surface area (Å²) in [6, 6.07) is 4.72. The number of thiazole rings is 1. The van der Waals surface area contributed by atoms with Crippen molar-refractivity contribution < 1.29 is 9.84 Å². The van der Waals surface area contributed by atoms with Gasteiger partial charge in [-0.25, -0.2) is 0 Å². The van der Waals surface area contributed by atoms with Gasteiger partial charge in [0.15, 0.2) is 0 Å². The lowest BCUT2D eigenvalue weighted by molar-refractivity contribution is 0.411. The lowest BCUT2D eigenvalue weighted by atomic mass is 10.2. The van der Waals surface area contributed by atoms with Crippen molar-refractivity contribution in [2.45, 2.75) is 0 Å². The molecule has 0 radical (unpaired) electrons. The summed E-state index contributed by atoms with van der Waals surface area (Å²) in [6.45, 7) is 3.67. The second-order valence-electron chi connectivity index (χ2n) is 3.41. The predicted molar refractivity (Wildman–Crippen MR) is 67.9 cm³/mol. The molecule has 17 heavy (non-hydrogen) atoms. The second kappa shape index (κ2) is 4.47. The van der Waals surface area contributed by atoms with E-state index in [0.29, 0.717) is 20.5 Å². The molecule has 0 atom stereocenters. The summed E-state index contributed by atoms with van der Waals surface area (Å²) in [5, 5.41) is 9.42. The molecule has 1 aromatic heterocycles. The minimum absolute atomic E-state index is 0.125. The third kappa shape index (κ3) is 2.39. The molecule has 1 heterocycles. The van der Waals surface area contributed by atoms with Gasteiger partial charge >= 0.3 is 0 Å². The summed E-state index contributed by atoms with van der Waals surface area (Å²) in [5.74, 6) is 0.723. The van der Waals surface area contributed by atoms with Crippen LogP contribution in [-0.4, -0.2) is 17.2 Å². The summed E-state index contributed by atoms with van der Waals surface area (Å²) >= 11 is 1.26. The zero-order chi connectivity index (χ0) is 12.4. The van der Waals surface area contributed by atoms with Crippen LogP contribution in [0, 0.1) is 0 Å². The molecule has 1 aromatic carbocycles. The Kier molecular flexibility index (Phi) is 3.01. The molecule has 4 nitrogen and oxygen atoms in total. The maximum atomic E-state index is 11.5. The van der Waals surface area contributed by atoms with Crippen molar-refractivity contribution in [1.82, 2.24) is 4.98 Å². The van der Waals surface area contributed by atoms with E-state index in [1.54, 1.807) is 18.2 Å². The van der Waals surface area contributed by atoms with Gasteiger partial charge in [0.25, 0.3) is 5.56 Å². The Morgan fingerprint density at radius 2 is 2.29 bits per heavy atom. The van der Waals surface area contributed by atoms with Gasteiger partial charge < -0.3 is 14.8 Å². The molecule has 2 aromatic rings. The molecule has 5 heteroatoms. The van der Waals surface area contributed by atoms with Gasteiger partial charge in [0.05, 0.1) is 16.3 Å². The number of hydrogen-bond donors (Lipinski definition) is 2. The minimum Gasteiger partial charge on any atom is -0.508 e. The van der Waals surface area contributed by atoms with Crippen molar-refractivity contribution in [1.29, 1.82) is 0 Å². The monoisotopic (exact) mass is 249 g/mol. The number of aromatic hydroxyl groups is 1. The number of H-pyrrole nitrogens is 1. The van der Waals surface area contributed by atoms with Crippen LogP contribution in [-0.2, 0) is 0 Å². The van der Waals surface area contributed by atoms with E-state index in [4.69, 9.17) is 4.74 Å². The lowest BCUT2D eigenvalue weighted by Gasteiger charge is -2.04. The largest absolute Gasteiger partial charge is 0.508 e. The SMILES string of the molecule is C=c1[nH]c(=O)/c(=C/c2cc(O)ccc2OC)s1. The highest BCUT2D eigenvalue weighted by atomic mass is 32.1. The Balaban J connectivity index is 2.66. The molecule has 0 saturated heterocycles. The fraction of sp³-hybridized carbons (Fsp3) is 0.0833. The van der Waals surface area contributed by atoms with Crippen LogP contribution >= 0.6 is 11.3 Å². The van der Waals surface area contributed by atoms with Crippen molar-refractivity contribution in [3.8, 4) is 11.5 Å². The summed E-state index contributed by atoms with van der Waals surface area (Å²) in [6.07, 6.45) is 1.66. The first-order valence-electron chi connectivity index (χ1n) is 4.87. The van der Waals surface area contributed by atoms with Crippen molar-refractivity contribution in [3.63, 3.8) is 0 Å². The van der Waals surface area contributed by atoms with Crippen molar-refractivity contribution >= 4 is 24.0 Å². The smallest absolute Gasteiger partial charge is 0.266 e. The van der Waals surface area contributed by atoms with Crippen LogP contribution in [0.4, 0.5) is 0 Å². The molecule has 0 spiro atoms. The number of methoxy groups -OCH3 is 1. The van der Waals surface area contributed by atoms with E-state index in [2.05, 4.69) is 11.6 Å². The highest BCUT2D eigenvalue weighted by Gasteiger charge is 2.02. The Labute approximate surface area is 101 Å². The van der Waals surface area contributed by atoms with Gasteiger partial charge in [0, 0.05) is 5.56 Å². The van der Waals surface area contributed by atoms with E-state index < -0.39 is 0 Å². The number of nitrogens with one attached hydrogen (secondary N) is 1. The molecule has 0 aliphatic carbocycles. The highest BCUT2D eigenvalue weighted by Crippen LogP contribution is 2.23. The third-order valence-corrected chi connectivity index (χ3v) is 3.08. The average Bonchev–Trinajstić information content (AvgIpc) is 2.58. The van der Waals surface area contributed by atoms with Gasteiger partial charge in [-0.05, 0) is 24.3 Å². The molecule has 88 valence electrons. The number of aromatic nitrogens is 1. The van der Waals surface area contributed by atoms with Crippen molar-refractivity contribution in [2.75, 3.05) is 7.11 Å². The molecule has 0 aliphatic rings. The molecule has 0 saturated carbocycles. The first-order chi connectivity index (χ1) is 8.10. The molecular weight excluding hydrogens is 238 g/mol. The zero-order valence-electron chi connectivity index (χ0n) is 9.19. The van der Waals surface area contributed by atoms with E-state index in [1.165, 1.54) is 24.5 Å². The number of ether oxygens (including phenoxy) is 1. The van der Waals surface area contributed by atoms with Crippen LogP contribution in [0.2, 0.25) is 0 Å². The van der Waals surface area contributed by atoms with Crippen LogP contribution in [0.15, 0.2) is 23.0 Å². The number of rotatable bonds is 2. The summed E-state index contributed by atoms with van der Waals surface area (Å²) in [5.41, 5.74) is 0.463. The van der Waals surface area contributed by atoms with Gasteiger partial charge in [-0.2, -0.15) is 0 Å². The fourth-order valence-corrected chi connectivity index (χ4v) is 2.20. The Bertz CT molecular complexity index is 699. The topological polar surface area (TPSA) is 62.3 Å². The maximum Gasteiger partial charge on any atom is 0.266 e. The molecule has 0 bridgehead atoms. The van der Waals surface area contributed by atoms with E-state index in [-0.39, 0.29) is 11.3 Å². The van der Waals surface area contributed by atoms with Gasteiger partial charge in [-0.3, -0.25) is 4.79 Å². The van der Waals surface area contributed by atoms with Crippen LogP contribution < -0.4 is 19.5 Å². The number of aromatic amines is 1. The molecule has 0 aliphatic heterocycles. The summed E-state index contributed by atoms with van der Waals surface area (Å²) in [4.78, 5) is 14.1. The maximum absolute atomic E-state index is 11.5. The summed E-state index contributed by atoms with van der Waals surface area (Å²) < 4.78 is 6.28. The Hall–Kier alpha value is -2.01. The number of benzene rings is 1. The van der Waals surface area contributed by atoms with E-state index in [1.807, 2.05) is 0 Å². The van der Waals surface area contributed by atoms with Crippen LogP contribution in [0.5, 0.6) is 11.5 Å². The van der Waals surface area contributed by atoms with E-state index >= 15 is 0 Å². The first kappa shape index (κ1) is 11.5. The molecule has 0 fully saturated rings. The van der Waals surface area contributed by atoms with Gasteiger partial charge in [-0.1, -0.05) is 6.58 Å². The van der Waals surface area contributed by atoms with Crippen molar-refractivity contribution in [3.05, 3.63) is 43.3 Å². The average molecular weight is 249 g/mol. The molecule has 0 unspecified atom stereocenters. The van der Waals surface area contributed by atoms with Crippen LogP contribution in [0.1, 0.15) is 5.56 Å². The van der Waals surface area contributed by atoms with E-state index in [9.17, 15) is 9.90 Å². The molecule has 0 amide bonds. The number of hydrogen-bond acceptors (Lipinski definition) is 4. The zero-order valence-corrected chi connectivity index (χ0v) is 10.0. The quantitative estimate of drug-likeness (QED) is 0.809. The molecular formula is C12H11NO3S. The first-order valence-corrected chi connectivity index (χ1v) is 5.68. The predicted octanol–water partition coefficient (Wildman–Crippen LogP) is 0.390.